The minimum absolute atomic E-state index is 0.214. The maximum atomic E-state index is 12.5. The minimum atomic E-state index is -3.74. The third-order valence-corrected chi connectivity index (χ3v) is 6.31. The Morgan fingerprint density at radius 3 is 2.36 bits per heavy atom. The van der Waals surface area contributed by atoms with Crippen molar-refractivity contribution >= 4 is 42.4 Å². The van der Waals surface area contributed by atoms with Crippen molar-refractivity contribution in [1.29, 1.82) is 0 Å². The normalized spacial score (nSPS) is 15.9. The summed E-state index contributed by atoms with van der Waals surface area (Å²) in [7, 11) is -2.17. The molecule has 0 aromatic heterocycles. The number of benzene rings is 2. The van der Waals surface area contributed by atoms with E-state index in [2.05, 4.69) is 25.6 Å². The van der Waals surface area contributed by atoms with Gasteiger partial charge in [-0.15, -0.1) is 4.40 Å². The lowest BCUT2D eigenvalue weighted by molar-refractivity contribution is 0.415. The molecule has 0 saturated carbocycles. The van der Waals surface area contributed by atoms with Crippen molar-refractivity contribution in [3.8, 4) is 5.75 Å². The van der Waals surface area contributed by atoms with E-state index in [4.69, 9.17) is 4.74 Å². The van der Waals surface area contributed by atoms with Gasteiger partial charge in [0, 0.05) is 15.7 Å². The number of hydrogen-bond donors (Lipinski definition) is 1. The molecule has 130 valence electrons. The number of anilines is 1. The third kappa shape index (κ3) is 3.48. The first-order valence-corrected chi connectivity index (χ1v) is 9.79. The van der Waals surface area contributed by atoms with Crippen molar-refractivity contribution in [2.75, 3.05) is 12.4 Å². The van der Waals surface area contributed by atoms with Gasteiger partial charge in [-0.25, -0.2) is 0 Å². The molecule has 5 nitrogen and oxygen atoms in total. The number of methoxy groups -OCH3 is 1. The van der Waals surface area contributed by atoms with Gasteiger partial charge in [0.1, 0.15) is 16.5 Å². The lowest BCUT2D eigenvalue weighted by Gasteiger charge is -2.09. The fourth-order valence-corrected chi connectivity index (χ4v) is 4.30. The number of ether oxygens (including phenoxy) is 1. The molecule has 1 heterocycles. The maximum Gasteiger partial charge on any atom is 0.285 e. The Morgan fingerprint density at radius 2 is 1.76 bits per heavy atom. The van der Waals surface area contributed by atoms with E-state index in [-0.39, 0.29) is 4.91 Å². The van der Waals surface area contributed by atoms with Crippen molar-refractivity contribution in [1.82, 2.24) is 0 Å². The van der Waals surface area contributed by atoms with Crippen molar-refractivity contribution in [2.24, 2.45) is 4.40 Å². The number of amidine groups is 1. The highest BCUT2D eigenvalue weighted by Gasteiger charge is 2.31. The molecule has 2 aromatic carbocycles. The van der Waals surface area contributed by atoms with Gasteiger partial charge in [0.15, 0.2) is 0 Å². The minimum Gasteiger partial charge on any atom is -0.497 e. The van der Waals surface area contributed by atoms with Crippen LogP contribution in [0.5, 0.6) is 5.75 Å². The molecule has 0 unspecified atom stereocenters. The van der Waals surface area contributed by atoms with Gasteiger partial charge in [0.25, 0.3) is 10.0 Å². The van der Waals surface area contributed by atoms with Crippen LogP contribution in [0.25, 0.3) is 4.91 Å². The van der Waals surface area contributed by atoms with E-state index in [1.807, 2.05) is 25.1 Å². The summed E-state index contributed by atoms with van der Waals surface area (Å²) in [5, 5.41) is 3.10. The standard InChI is InChI=1S/C18H17BrN2O3S/c1-11-10-14(6-9-16(11)19)20-18-12(2)17(25(22,23)21-18)13-4-7-15(24-3)8-5-13/h4-10H,1-3H3,(H,20,21). The number of nitrogens with zero attached hydrogens (tertiary/aromatic N) is 1. The van der Waals surface area contributed by atoms with Gasteiger partial charge < -0.3 is 10.1 Å². The summed E-state index contributed by atoms with van der Waals surface area (Å²) in [5.74, 6) is 1.01. The van der Waals surface area contributed by atoms with Gasteiger partial charge in [0.2, 0.25) is 0 Å². The van der Waals surface area contributed by atoms with Gasteiger partial charge >= 0.3 is 0 Å². The Kier molecular flexibility index (Phi) is 4.71. The Morgan fingerprint density at radius 1 is 1.08 bits per heavy atom. The molecule has 1 aliphatic heterocycles. The summed E-state index contributed by atoms with van der Waals surface area (Å²) in [6.45, 7) is 3.72. The molecule has 3 rings (SSSR count). The Balaban J connectivity index is 1.98. The van der Waals surface area contributed by atoms with Crippen LogP contribution in [-0.2, 0) is 10.0 Å². The molecule has 2 aromatic rings. The molecule has 0 atom stereocenters. The second kappa shape index (κ2) is 6.65. The van der Waals surface area contributed by atoms with Gasteiger partial charge in [-0.1, -0.05) is 15.9 Å². The van der Waals surface area contributed by atoms with Crippen LogP contribution in [0.1, 0.15) is 18.1 Å². The van der Waals surface area contributed by atoms with Crippen molar-refractivity contribution in [3.63, 3.8) is 0 Å². The first-order chi connectivity index (χ1) is 11.8. The summed E-state index contributed by atoms with van der Waals surface area (Å²) in [4.78, 5) is 0.214. The molecule has 0 saturated heterocycles. The van der Waals surface area contributed by atoms with Crippen molar-refractivity contribution in [2.45, 2.75) is 13.8 Å². The zero-order valence-electron chi connectivity index (χ0n) is 14.0. The number of hydrogen-bond acceptors (Lipinski definition) is 4. The summed E-state index contributed by atoms with van der Waals surface area (Å²) >= 11 is 3.45. The molecule has 7 heteroatoms. The van der Waals surface area contributed by atoms with E-state index >= 15 is 0 Å². The first-order valence-electron chi connectivity index (χ1n) is 7.55. The Hall–Kier alpha value is -2.12. The first kappa shape index (κ1) is 17.7. The molecular weight excluding hydrogens is 404 g/mol. The molecule has 0 bridgehead atoms. The fraction of sp³-hybridized carbons (Fsp3) is 0.167. The van der Waals surface area contributed by atoms with Crippen LogP contribution in [0.2, 0.25) is 0 Å². The summed E-state index contributed by atoms with van der Waals surface area (Å²) in [6, 6.07) is 12.6. The number of aryl methyl sites for hydroxylation is 1. The van der Waals surface area contributed by atoms with E-state index in [9.17, 15) is 8.42 Å². The quantitative estimate of drug-likeness (QED) is 0.800. The van der Waals surface area contributed by atoms with Crippen LogP contribution >= 0.6 is 15.9 Å². The number of sulfonamides is 1. The molecule has 0 aliphatic carbocycles. The van der Waals surface area contributed by atoms with Crippen LogP contribution < -0.4 is 10.1 Å². The zero-order chi connectivity index (χ0) is 18.2. The lowest BCUT2D eigenvalue weighted by atomic mass is 10.1. The topological polar surface area (TPSA) is 67.8 Å². The van der Waals surface area contributed by atoms with Gasteiger partial charge in [-0.05, 0) is 67.4 Å². The number of halogens is 1. The largest absolute Gasteiger partial charge is 0.497 e. The van der Waals surface area contributed by atoms with Gasteiger partial charge in [-0.2, -0.15) is 8.42 Å². The molecule has 0 amide bonds. The van der Waals surface area contributed by atoms with E-state index < -0.39 is 10.0 Å². The van der Waals surface area contributed by atoms with Gasteiger partial charge in [-0.3, -0.25) is 0 Å². The van der Waals surface area contributed by atoms with Crippen LogP contribution in [-0.4, -0.2) is 21.4 Å². The van der Waals surface area contributed by atoms with Crippen LogP contribution in [0.3, 0.4) is 0 Å². The SMILES string of the molecule is COc1ccc(C2=C(C)C(Nc3ccc(Br)c(C)c3)=NS2(=O)=O)cc1. The summed E-state index contributed by atoms with van der Waals surface area (Å²) in [6.07, 6.45) is 0. The highest BCUT2D eigenvalue weighted by Crippen LogP contribution is 2.34. The molecule has 0 spiro atoms. The van der Waals surface area contributed by atoms with E-state index in [1.54, 1.807) is 38.3 Å². The Bertz CT molecular complexity index is 993. The average molecular weight is 421 g/mol. The van der Waals surface area contributed by atoms with Crippen LogP contribution in [0, 0.1) is 6.92 Å². The lowest BCUT2D eigenvalue weighted by Crippen LogP contribution is -2.11. The van der Waals surface area contributed by atoms with Crippen LogP contribution in [0.4, 0.5) is 5.69 Å². The fourth-order valence-electron chi connectivity index (χ4n) is 2.62. The second-order valence-corrected chi connectivity index (χ2v) is 8.08. The van der Waals surface area contributed by atoms with Gasteiger partial charge in [0.05, 0.1) is 7.11 Å². The average Bonchev–Trinajstić information content (AvgIpc) is 2.80. The summed E-state index contributed by atoms with van der Waals surface area (Å²) in [5.41, 5.74) is 3.00. The zero-order valence-corrected chi connectivity index (χ0v) is 16.4. The van der Waals surface area contributed by atoms with E-state index in [0.717, 1.165) is 15.7 Å². The van der Waals surface area contributed by atoms with Crippen LogP contribution in [0.15, 0.2) is 56.9 Å². The maximum absolute atomic E-state index is 12.5. The monoisotopic (exact) mass is 420 g/mol. The van der Waals surface area contributed by atoms with E-state index in [0.29, 0.717) is 22.7 Å². The molecule has 1 aliphatic rings. The molecule has 0 radical (unpaired) electrons. The summed E-state index contributed by atoms with van der Waals surface area (Å²) < 4.78 is 35.1. The molecule has 1 N–H and O–H groups in total. The predicted molar refractivity (Wildman–Crippen MR) is 104 cm³/mol. The highest BCUT2D eigenvalue weighted by molar-refractivity contribution is 9.10. The predicted octanol–water partition coefficient (Wildman–Crippen LogP) is 4.35. The van der Waals surface area contributed by atoms with Crippen molar-refractivity contribution < 1.29 is 13.2 Å². The van der Waals surface area contributed by atoms with E-state index in [1.165, 1.54) is 0 Å². The smallest absolute Gasteiger partial charge is 0.285 e. The highest BCUT2D eigenvalue weighted by atomic mass is 79.9. The molecule has 0 fully saturated rings. The second-order valence-electron chi connectivity index (χ2n) is 5.69. The van der Waals surface area contributed by atoms with Crippen molar-refractivity contribution in [3.05, 3.63) is 63.6 Å². The number of rotatable bonds is 3. The molecular formula is C18H17BrN2O3S. The number of nitrogens with one attached hydrogen (secondary N) is 1. The molecule has 25 heavy (non-hydrogen) atoms. The third-order valence-electron chi connectivity index (χ3n) is 3.94. The Labute approximate surface area is 155 Å².